The number of hydrazine groups is 1. The molecule has 6 nitrogen and oxygen atoms in total. The van der Waals surface area contributed by atoms with E-state index in [1.54, 1.807) is 23.2 Å². The fourth-order valence-corrected chi connectivity index (χ4v) is 4.41. The summed E-state index contributed by atoms with van der Waals surface area (Å²) in [6.45, 7) is 8.16. The number of carbonyl (C=O) groups excluding carboxylic acids is 2. The van der Waals surface area contributed by atoms with Crippen molar-refractivity contribution >= 4 is 23.2 Å². The third-order valence-electron chi connectivity index (χ3n) is 6.34. The van der Waals surface area contributed by atoms with Crippen LogP contribution in [0.1, 0.15) is 39.2 Å². The number of fused-ring (bicyclic) bond motifs is 1. The van der Waals surface area contributed by atoms with E-state index in [0.717, 1.165) is 5.69 Å². The second-order valence-electron chi connectivity index (χ2n) is 9.22. The van der Waals surface area contributed by atoms with Gasteiger partial charge in [-0.05, 0) is 41.7 Å². The Labute approximate surface area is 189 Å². The van der Waals surface area contributed by atoms with Crippen LogP contribution in [0.4, 0.5) is 11.4 Å². The largest absolute Gasteiger partial charge is 0.391 e. The molecule has 0 saturated carbocycles. The van der Waals surface area contributed by atoms with Crippen LogP contribution in [0, 0.1) is 11.8 Å². The van der Waals surface area contributed by atoms with E-state index in [1.165, 1.54) is 10.5 Å². The van der Waals surface area contributed by atoms with E-state index in [4.69, 9.17) is 0 Å². The Morgan fingerprint density at radius 1 is 0.875 bits per heavy atom. The van der Waals surface area contributed by atoms with E-state index in [9.17, 15) is 14.7 Å². The van der Waals surface area contributed by atoms with Crippen molar-refractivity contribution in [1.29, 1.82) is 0 Å². The van der Waals surface area contributed by atoms with Crippen molar-refractivity contribution in [3.63, 3.8) is 0 Å². The summed E-state index contributed by atoms with van der Waals surface area (Å²) in [6, 6.07) is 15.9. The standard InChI is InChI=1S/C26H31N3O3/c1-16(2)18-10-12-19(13-11-18)27-29-22(24(30)17(3)4)15-14-21-23(29)26(32)28(25(21)31)20-8-6-5-7-9-20/h5-17,21-24,27,30H,1-4H3. The molecule has 4 atom stereocenters. The average molecular weight is 434 g/mol. The number of rotatable bonds is 6. The molecule has 0 aromatic heterocycles. The topological polar surface area (TPSA) is 72.9 Å². The van der Waals surface area contributed by atoms with Gasteiger partial charge in [-0.25, -0.2) is 9.91 Å². The molecule has 2 heterocycles. The van der Waals surface area contributed by atoms with Crippen molar-refractivity contribution in [3.05, 3.63) is 72.3 Å². The molecule has 6 heteroatoms. The number of carbonyl (C=O) groups is 2. The highest BCUT2D eigenvalue weighted by molar-refractivity contribution is 6.24. The third-order valence-corrected chi connectivity index (χ3v) is 6.34. The van der Waals surface area contributed by atoms with Crippen molar-refractivity contribution in [2.45, 2.75) is 51.8 Å². The molecule has 2 aromatic rings. The van der Waals surface area contributed by atoms with Gasteiger partial charge in [0.25, 0.3) is 5.91 Å². The van der Waals surface area contributed by atoms with E-state index in [-0.39, 0.29) is 17.7 Å². The van der Waals surface area contributed by atoms with E-state index in [1.807, 2.05) is 50.3 Å². The highest BCUT2D eigenvalue weighted by Gasteiger charge is 2.54. The molecular weight excluding hydrogens is 402 g/mol. The lowest BCUT2D eigenvalue weighted by Gasteiger charge is -2.41. The van der Waals surface area contributed by atoms with Gasteiger partial charge in [-0.2, -0.15) is 0 Å². The van der Waals surface area contributed by atoms with E-state index in [2.05, 4.69) is 31.4 Å². The van der Waals surface area contributed by atoms with Crippen molar-refractivity contribution in [2.24, 2.45) is 11.8 Å². The van der Waals surface area contributed by atoms with Crippen LogP contribution in [0.3, 0.4) is 0 Å². The Kier molecular flexibility index (Phi) is 6.17. The first-order valence-corrected chi connectivity index (χ1v) is 11.2. The Balaban J connectivity index is 1.70. The summed E-state index contributed by atoms with van der Waals surface area (Å²) in [7, 11) is 0. The molecule has 1 fully saturated rings. The number of para-hydroxylation sites is 1. The Hall–Kier alpha value is -2.96. The first kappa shape index (κ1) is 22.2. The summed E-state index contributed by atoms with van der Waals surface area (Å²) in [6.07, 6.45) is 2.92. The molecule has 2 aliphatic rings. The summed E-state index contributed by atoms with van der Waals surface area (Å²) < 4.78 is 0. The lowest BCUT2D eigenvalue weighted by molar-refractivity contribution is -0.123. The number of nitrogens with one attached hydrogen (secondary N) is 1. The zero-order valence-corrected chi connectivity index (χ0v) is 19.0. The second-order valence-corrected chi connectivity index (χ2v) is 9.22. The van der Waals surface area contributed by atoms with Crippen LogP contribution >= 0.6 is 0 Å². The number of benzene rings is 2. The highest BCUT2D eigenvalue weighted by atomic mass is 16.3. The van der Waals surface area contributed by atoms with Gasteiger partial charge in [0, 0.05) is 5.69 Å². The van der Waals surface area contributed by atoms with Gasteiger partial charge < -0.3 is 10.5 Å². The van der Waals surface area contributed by atoms with Crippen LogP contribution in [0.15, 0.2) is 66.7 Å². The number of amides is 2. The minimum atomic E-state index is -0.740. The number of imide groups is 1. The second kappa shape index (κ2) is 8.88. The minimum Gasteiger partial charge on any atom is -0.391 e. The van der Waals surface area contributed by atoms with Crippen molar-refractivity contribution in [2.75, 3.05) is 10.3 Å². The maximum Gasteiger partial charge on any atom is 0.254 e. The van der Waals surface area contributed by atoms with Crippen molar-refractivity contribution < 1.29 is 14.7 Å². The number of aliphatic hydroxyl groups is 1. The molecule has 2 N–H and O–H groups in total. The van der Waals surface area contributed by atoms with Crippen LogP contribution in [-0.2, 0) is 9.59 Å². The number of hydrogen-bond acceptors (Lipinski definition) is 5. The van der Waals surface area contributed by atoms with E-state index in [0.29, 0.717) is 11.6 Å². The lowest BCUT2D eigenvalue weighted by atomic mass is 9.89. The monoisotopic (exact) mass is 433 g/mol. The smallest absolute Gasteiger partial charge is 0.254 e. The molecule has 2 amide bonds. The Bertz CT molecular complexity index is 1000. The molecule has 168 valence electrons. The quantitative estimate of drug-likeness (QED) is 0.533. The van der Waals surface area contributed by atoms with Gasteiger partial charge in [-0.1, -0.05) is 70.2 Å². The van der Waals surface area contributed by atoms with Gasteiger partial charge in [-0.3, -0.25) is 9.59 Å². The molecule has 0 spiro atoms. The van der Waals surface area contributed by atoms with Crippen LogP contribution in [0.5, 0.6) is 0 Å². The number of nitrogens with zero attached hydrogens (tertiary/aromatic N) is 2. The molecule has 1 saturated heterocycles. The summed E-state index contributed by atoms with van der Waals surface area (Å²) in [5.74, 6) is -0.757. The Morgan fingerprint density at radius 2 is 1.53 bits per heavy atom. The van der Waals surface area contributed by atoms with Crippen LogP contribution in [0.25, 0.3) is 0 Å². The fourth-order valence-electron chi connectivity index (χ4n) is 4.41. The zero-order valence-electron chi connectivity index (χ0n) is 19.0. The van der Waals surface area contributed by atoms with Gasteiger partial charge >= 0.3 is 0 Å². The summed E-state index contributed by atoms with van der Waals surface area (Å²) >= 11 is 0. The predicted octanol–water partition coefficient (Wildman–Crippen LogP) is 3.95. The molecular formula is C26H31N3O3. The first-order valence-electron chi connectivity index (χ1n) is 11.2. The van der Waals surface area contributed by atoms with Crippen LogP contribution in [0.2, 0.25) is 0 Å². The molecule has 0 aliphatic carbocycles. The Morgan fingerprint density at radius 3 is 2.12 bits per heavy atom. The molecule has 4 unspecified atom stereocenters. The van der Waals surface area contributed by atoms with Crippen LogP contribution < -0.4 is 10.3 Å². The number of anilines is 2. The van der Waals surface area contributed by atoms with Gasteiger partial charge in [-0.15, -0.1) is 0 Å². The SMILES string of the molecule is CC(C)c1ccc(NN2C(C(O)C(C)C)C=CC3C(=O)N(c4ccccc4)C(=O)C32)cc1. The van der Waals surface area contributed by atoms with Crippen molar-refractivity contribution in [3.8, 4) is 0 Å². The molecule has 0 bridgehead atoms. The highest BCUT2D eigenvalue weighted by Crippen LogP contribution is 2.36. The predicted molar refractivity (Wildman–Crippen MR) is 126 cm³/mol. The van der Waals surface area contributed by atoms with Gasteiger partial charge in [0.1, 0.15) is 6.04 Å². The van der Waals surface area contributed by atoms with E-state index < -0.39 is 24.1 Å². The van der Waals surface area contributed by atoms with Crippen molar-refractivity contribution in [1.82, 2.24) is 5.01 Å². The van der Waals surface area contributed by atoms with Crippen LogP contribution in [-0.4, -0.2) is 40.1 Å². The molecule has 4 rings (SSSR count). The summed E-state index contributed by atoms with van der Waals surface area (Å²) in [5.41, 5.74) is 5.94. The summed E-state index contributed by atoms with van der Waals surface area (Å²) in [4.78, 5) is 28.0. The minimum absolute atomic E-state index is 0.0220. The lowest BCUT2D eigenvalue weighted by Crippen LogP contribution is -2.58. The van der Waals surface area contributed by atoms with Gasteiger partial charge in [0.2, 0.25) is 5.91 Å². The fraction of sp³-hybridized carbons (Fsp3) is 0.385. The maximum absolute atomic E-state index is 13.5. The first-order chi connectivity index (χ1) is 15.3. The molecule has 2 aromatic carbocycles. The number of hydrogen-bond donors (Lipinski definition) is 2. The van der Waals surface area contributed by atoms with E-state index >= 15 is 0 Å². The molecule has 2 aliphatic heterocycles. The van der Waals surface area contributed by atoms with Gasteiger partial charge in [0.15, 0.2) is 0 Å². The molecule has 0 radical (unpaired) electrons. The number of aliphatic hydroxyl groups excluding tert-OH is 1. The normalized spacial score (nSPS) is 24.3. The summed E-state index contributed by atoms with van der Waals surface area (Å²) in [5, 5.41) is 12.7. The average Bonchev–Trinajstić information content (AvgIpc) is 3.04. The zero-order chi connectivity index (χ0) is 23.0. The maximum atomic E-state index is 13.5. The third kappa shape index (κ3) is 3.96. The molecule has 32 heavy (non-hydrogen) atoms. The van der Waals surface area contributed by atoms with Gasteiger partial charge in [0.05, 0.1) is 23.8 Å².